The number of aromatic nitrogens is 1. The molecule has 4 nitrogen and oxygen atoms in total. The van der Waals surface area contributed by atoms with Crippen LogP contribution in [0, 0.1) is 0 Å². The van der Waals surface area contributed by atoms with Gasteiger partial charge in [-0.1, -0.05) is 36.4 Å². The highest BCUT2D eigenvalue weighted by atomic mass is 16.1. The zero-order valence-electron chi connectivity index (χ0n) is 15.9. The summed E-state index contributed by atoms with van der Waals surface area (Å²) in [7, 11) is 0. The van der Waals surface area contributed by atoms with Crippen molar-refractivity contribution in [2.75, 3.05) is 0 Å². The Morgan fingerprint density at radius 3 is 2.46 bits per heavy atom. The second-order valence-corrected chi connectivity index (χ2v) is 8.08. The van der Waals surface area contributed by atoms with E-state index in [1.54, 1.807) is 0 Å². The van der Waals surface area contributed by atoms with E-state index in [2.05, 4.69) is 39.5 Å². The summed E-state index contributed by atoms with van der Waals surface area (Å²) >= 11 is 0. The van der Waals surface area contributed by atoms with E-state index in [-0.39, 0.29) is 11.9 Å². The molecule has 4 heteroatoms. The highest BCUT2D eigenvalue weighted by molar-refractivity contribution is 5.98. The Kier molecular flexibility index (Phi) is 4.57. The maximum atomic E-state index is 12.8. The number of carbonyl (C=O) groups is 1. The molecule has 142 valence electrons. The van der Waals surface area contributed by atoms with Gasteiger partial charge in [0.25, 0.3) is 5.91 Å². The quantitative estimate of drug-likeness (QED) is 0.749. The molecule has 5 rings (SSSR count). The minimum atomic E-state index is 0.0494. The molecule has 0 radical (unpaired) electrons. The molecule has 2 aliphatic heterocycles. The average molecular weight is 371 g/mol. The number of hydrogen-bond donors (Lipinski definition) is 1. The number of nitrogens with one attached hydrogen (secondary N) is 1. The van der Waals surface area contributed by atoms with E-state index in [1.165, 1.54) is 18.2 Å². The lowest BCUT2D eigenvalue weighted by Crippen LogP contribution is -2.50. The lowest BCUT2D eigenvalue weighted by molar-refractivity contribution is 0.0824. The van der Waals surface area contributed by atoms with E-state index in [0.717, 1.165) is 36.0 Å². The molecule has 1 aromatic heterocycles. The van der Waals surface area contributed by atoms with Gasteiger partial charge in [0.15, 0.2) is 0 Å². The first-order chi connectivity index (χ1) is 13.8. The fourth-order valence-electron chi connectivity index (χ4n) is 4.93. The first-order valence-electron chi connectivity index (χ1n) is 10.2. The smallest absolute Gasteiger partial charge is 0.251 e. The standard InChI is InChI=1S/C24H25N3O/c28-24(19-9-8-17-5-1-2-6-18(17)13-19)26-21-14-22-10-11-23(15-21)27(22)16-20-7-3-4-12-25-20/h1-9,12-13,21-23H,10-11,14-16H2,(H,26,28). The van der Waals surface area contributed by atoms with Crippen molar-refractivity contribution < 1.29 is 4.79 Å². The van der Waals surface area contributed by atoms with Gasteiger partial charge in [0.1, 0.15) is 0 Å². The maximum absolute atomic E-state index is 12.8. The SMILES string of the molecule is O=C(NC1CC2CCC(C1)N2Cc1ccccn1)c1ccc2ccccc2c1. The van der Waals surface area contributed by atoms with Gasteiger partial charge in [-0.3, -0.25) is 14.7 Å². The molecule has 0 saturated carbocycles. The predicted molar refractivity (Wildman–Crippen MR) is 111 cm³/mol. The van der Waals surface area contributed by atoms with Gasteiger partial charge in [0.2, 0.25) is 0 Å². The van der Waals surface area contributed by atoms with Gasteiger partial charge in [-0.05, 0) is 60.7 Å². The van der Waals surface area contributed by atoms with Gasteiger partial charge in [-0.2, -0.15) is 0 Å². The van der Waals surface area contributed by atoms with Crippen LogP contribution in [-0.2, 0) is 6.54 Å². The number of rotatable bonds is 4. The molecule has 2 saturated heterocycles. The van der Waals surface area contributed by atoms with Crippen LogP contribution in [0.15, 0.2) is 66.9 Å². The summed E-state index contributed by atoms with van der Waals surface area (Å²) in [4.78, 5) is 19.9. The first kappa shape index (κ1) is 17.4. The molecule has 2 bridgehead atoms. The van der Waals surface area contributed by atoms with Crippen LogP contribution in [0.3, 0.4) is 0 Å². The summed E-state index contributed by atoms with van der Waals surface area (Å²) < 4.78 is 0. The molecule has 3 heterocycles. The molecule has 1 amide bonds. The Morgan fingerprint density at radius 1 is 0.964 bits per heavy atom. The van der Waals surface area contributed by atoms with Gasteiger partial charge in [0, 0.05) is 36.4 Å². The van der Waals surface area contributed by atoms with E-state index < -0.39 is 0 Å². The predicted octanol–water partition coefficient (Wildman–Crippen LogP) is 4.16. The molecule has 28 heavy (non-hydrogen) atoms. The van der Waals surface area contributed by atoms with Crippen LogP contribution < -0.4 is 5.32 Å². The number of amides is 1. The Morgan fingerprint density at radius 2 is 1.71 bits per heavy atom. The highest BCUT2D eigenvalue weighted by Crippen LogP contribution is 2.36. The van der Waals surface area contributed by atoms with Crippen LogP contribution in [0.1, 0.15) is 41.7 Å². The van der Waals surface area contributed by atoms with Crippen molar-refractivity contribution >= 4 is 16.7 Å². The molecular weight excluding hydrogens is 346 g/mol. The van der Waals surface area contributed by atoms with Gasteiger partial charge >= 0.3 is 0 Å². The Balaban J connectivity index is 1.25. The third-order valence-corrected chi connectivity index (χ3v) is 6.30. The van der Waals surface area contributed by atoms with E-state index in [1.807, 2.05) is 42.6 Å². The Bertz CT molecular complexity index is 973. The molecule has 2 unspecified atom stereocenters. The number of nitrogens with zero attached hydrogens (tertiary/aromatic N) is 2. The van der Waals surface area contributed by atoms with Crippen molar-refractivity contribution in [3.05, 3.63) is 78.1 Å². The summed E-state index contributed by atoms with van der Waals surface area (Å²) in [5.41, 5.74) is 1.89. The molecule has 0 aliphatic carbocycles. The zero-order valence-corrected chi connectivity index (χ0v) is 15.9. The van der Waals surface area contributed by atoms with Crippen LogP contribution in [0.25, 0.3) is 10.8 Å². The highest BCUT2D eigenvalue weighted by Gasteiger charge is 2.41. The van der Waals surface area contributed by atoms with Crippen LogP contribution in [-0.4, -0.2) is 33.9 Å². The minimum absolute atomic E-state index is 0.0494. The molecule has 2 aromatic carbocycles. The van der Waals surface area contributed by atoms with Crippen molar-refractivity contribution in [2.24, 2.45) is 0 Å². The number of carbonyl (C=O) groups excluding carboxylic acids is 1. The van der Waals surface area contributed by atoms with E-state index in [0.29, 0.717) is 12.1 Å². The Hall–Kier alpha value is -2.72. The summed E-state index contributed by atoms with van der Waals surface area (Å²) in [6.45, 7) is 0.918. The fourth-order valence-corrected chi connectivity index (χ4v) is 4.93. The number of hydrogen-bond acceptors (Lipinski definition) is 3. The van der Waals surface area contributed by atoms with Crippen LogP contribution in [0.5, 0.6) is 0 Å². The van der Waals surface area contributed by atoms with Gasteiger partial charge in [0.05, 0.1) is 5.69 Å². The van der Waals surface area contributed by atoms with Gasteiger partial charge < -0.3 is 5.32 Å². The van der Waals surface area contributed by atoms with E-state index >= 15 is 0 Å². The summed E-state index contributed by atoms with van der Waals surface area (Å²) in [5.74, 6) is 0.0494. The van der Waals surface area contributed by atoms with E-state index in [9.17, 15) is 4.79 Å². The van der Waals surface area contributed by atoms with Crippen molar-refractivity contribution in [1.29, 1.82) is 0 Å². The minimum Gasteiger partial charge on any atom is -0.349 e. The normalized spacial score (nSPS) is 24.4. The topological polar surface area (TPSA) is 45.2 Å². The fraction of sp³-hybridized carbons (Fsp3) is 0.333. The third kappa shape index (κ3) is 3.40. The third-order valence-electron chi connectivity index (χ3n) is 6.30. The van der Waals surface area contributed by atoms with Crippen molar-refractivity contribution in [3.63, 3.8) is 0 Å². The van der Waals surface area contributed by atoms with Gasteiger partial charge in [-0.25, -0.2) is 0 Å². The second-order valence-electron chi connectivity index (χ2n) is 8.08. The monoisotopic (exact) mass is 371 g/mol. The lowest BCUT2D eigenvalue weighted by atomic mass is 9.96. The van der Waals surface area contributed by atoms with Crippen molar-refractivity contribution in [3.8, 4) is 0 Å². The maximum Gasteiger partial charge on any atom is 0.251 e. The van der Waals surface area contributed by atoms with Crippen LogP contribution >= 0.6 is 0 Å². The molecule has 2 fully saturated rings. The molecular formula is C24H25N3O. The Labute approximate surface area is 165 Å². The number of benzene rings is 2. The van der Waals surface area contributed by atoms with Crippen molar-refractivity contribution in [1.82, 2.24) is 15.2 Å². The molecule has 2 atom stereocenters. The largest absolute Gasteiger partial charge is 0.349 e. The van der Waals surface area contributed by atoms with E-state index in [4.69, 9.17) is 0 Å². The average Bonchev–Trinajstić information content (AvgIpc) is 2.96. The second kappa shape index (κ2) is 7.36. The summed E-state index contributed by atoms with van der Waals surface area (Å²) in [6, 6.07) is 21.6. The van der Waals surface area contributed by atoms with Crippen LogP contribution in [0.2, 0.25) is 0 Å². The number of pyridine rings is 1. The van der Waals surface area contributed by atoms with Crippen molar-refractivity contribution in [2.45, 2.75) is 50.4 Å². The molecule has 2 aliphatic rings. The summed E-state index contributed by atoms with van der Waals surface area (Å²) in [5, 5.41) is 5.58. The number of fused-ring (bicyclic) bond motifs is 3. The summed E-state index contributed by atoms with van der Waals surface area (Å²) in [6.07, 6.45) is 6.37. The zero-order chi connectivity index (χ0) is 18.9. The molecule has 3 aromatic rings. The molecule has 0 spiro atoms. The molecule has 1 N–H and O–H groups in total. The first-order valence-corrected chi connectivity index (χ1v) is 10.2. The number of piperidine rings is 1. The lowest BCUT2D eigenvalue weighted by Gasteiger charge is -2.39. The van der Waals surface area contributed by atoms with Crippen LogP contribution in [0.4, 0.5) is 0 Å². The van der Waals surface area contributed by atoms with Gasteiger partial charge in [-0.15, -0.1) is 0 Å².